The van der Waals surface area contributed by atoms with Crippen molar-refractivity contribution in [2.45, 2.75) is 18.7 Å². The van der Waals surface area contributed by atoms with Gasteiger partial charge in [0, 0.05) is 6.54 Å². The van der Waals surface area contributed by atoms with Crippen LogP contribution < -0.4 is 5.32 Å². The zero-order valence-corrected chi connectivity index (χ0v) is 5.92. The fourth-order valence-electron chi connectivity index (χ4n) is 0.740. The van der Waals surface area contributed by atoms with Gasteiger partial charge in [-0.3, -0.25) is 0 Å². The van der Waals surface area contributed by atoms with E-state index in [1.54, 1.807) is 0 Å². The molecular weight excluding hydrogens is 118 g/mol. The van der Waals surface area contributed by atoms with Crippen LogP contribution >= 0.6 is 11.8 Å². The van der Waals surface area contributed by atoms with E-state index < -0.39 is 0 Å². The second-order valence-corrected chi connectivity index (χ2v) is 3.32. The van der Waals surface area contributed by atoms with E-state index in [1.165, 1.54) is 11.3 Å². The predicted molar refractivity (Wildman–Crippen MR) is 38.8 cm³/mol. The smallest absolute Gasteiger partial charge is 0.0576 e. The normalized spacial score (nSPS) is 29.1. The molecule has 0 bridgehead atoms. The molecule has 1 unspecified atom stereocenters. The second-order valence-electron chi connectivity index (χ2n) is 1.93. The minimum atomic E-state index is 0.641. The SMILES string of the molecule is C=C1CNC(CC)S1. The first-order valence-corrected chi connectivity index (χ1v) is 3.78. The maximum absolute atomic E-state index is 3.85. The molecule has 46 valence electrons. The third kappa shape index (κ3) is 1.26. The zero-order valence-electron chi connectivity index (χ0n) is 5.11. The van der Waals surface area contributed by atoms with Gasteiger partial charge in [-0.15, -0.1) is 11.8 Å². The van der Waals surface area contributed by atoms with Crippen molar-refractivity contribution < 1.29 is 0 Å². The highest BCUT2D eigenvalue weighted by atomic mass is 32.2. The summed E-state index contributed by atoms with van der Waals surface area (Å²) < 4.78 is 0. The van der Waals surface area contributed by atoms with Gasteiger partial charge in [0.2, 0.25) is 0 Å². The standard InChI is InChI=1S/C6H11NS/c1-3-6-7-4-5(2)8-6/h6-7H,2-4H2,1H3. The number of hydrogen-bond donors (Lipinski definition) is 1. The Labute approximate surface area is 54.5 Å². The molecule has 0 radical (unpaired) electrons. The molecule has 1 nitrogen and oxygen atoms in total. The fraction of sp³-hybridized carbons (Fsp3) is 0.667. The van der Waals surface area contributed by atoms with E-state index in [2.05, 4.69) is 18.8 Å². The van der Waals surface area contributed by atoms with Crippen LogP contribution in [0.1, 0.15) is 13.3 Å². The van der Waals surface area contributed by atoms with Crippen molar-refractivity contribution in [3.05, 3.63) is 11.5 Å². The van der Waals surface area contributed by atoms with Gasteiger partial charge in [0.25, 0.3) is 0 Å². The average Bonchev–Trinajstić information content (AvgIpc) is 2.14. The monoisotopic (exact) mass is 129 g/mol. The summed E-state index contributed by atoms with van der Waals surface area (Å²) in [5, 5.41) is 3.96. The van der Waals surface area contributed by atoms with Crippen LogP contribution in [0, 0.1) is 0 Å². The Hall–Kier alpha value is 0.0500. The molecule has 1 N–H and O–H groups in total. The first-order chi connectivity index (χ1) is 3.83. The molecule has 0 aromatic carbocycles. The minimum Gasteiger partial charge on any atom is -0.300 e. The molecule has 0 spiro atoms. The third-order valence-corrected chi connectivity index (χ3v) is 2.47. The van der Waals surface area contributed by atoms with E-state index in [1.807, 2.05) is 11.8 Å². The second kappa shape index (κ2) is 2.55. The van der Waals surface area contributed by atoms with E-state index in [0.29, 0.717) is 5.37 Å². The molecule has 1 aliphatic heterocycles. The summed E-state index contributed by atoms with van der Waals surface area (Å²) in [7, 11) is 0. The van der Waals surface area contributed by atoms with Crippen molar-refractivity contribution >= 4 is 11.8 Å². The Morgan fingerprint density at radius 1 is 2.00 bits per heavy atom. The summed E-state index contributed by atoms with van der Waals surface area (Å²) in [6, 6.07) is 0. The summed E-state index contributed by atoms with van der Waals surface area (Å²) in [4.78, 5) is 1.27. The molecule has 1 atom stereocenters. The van der Waals surface area contributed by atoms with Gasteiger partial charge >= 0.3 is 0 Å². The lowest BCUT2D eigenvalue weighted by Crippen LogP contribution is -2.17. The average molecular weight is 129 g/mol. The Kier molecular flexibility index (Phi) is 1.97. The van der Waals surface area contributed by atoms with Gasteiger partial charge in [-0.05, 0) is 11.3 Å². The molecule has 1 fully saturated rings. The maximum Gasteiger partial charge on any atom is 0.0576 e. The van der Waals surface area contributed by atoms with Gasteiger partial charge in [-0.1, -0.05) is 13.5 Å². The quantitative estimate of drug-likeness (QED) is 0.577. The Balaban J connectivity index is 2.32. The predicted octanol–water partition coefficient (Wildman–Crippen LogP) is 1.57. The van der Waals surface area contributed by atoms with E-state index >= 15 is 0 Å². The van der Waals surface area contributed by atoms with Crippen LogP contribution in [0.4, 0.5) is 0 Å². The van der Waals surface area contributed by atoms with Crippen LogP contribution in [0.2, 0.25) is 0 Å². The largest absolute Gasteiger partial charge is 0.300 e. The van der Waals surface area contributed by atoms with Crippen LogP contribution in [0.5, 0.6) is 0 Å². The minimum absolute atomic E-state index is 0.641. The zero-order chi connectivity index (χ0) is 5.98. The lowest BCUT2D eigenvalue weighted by atomic mass is 10.5. The van der Waals surface area contributed by atoms with Crippen molar-refractivity contribution in [1.82, 2.24) is 5.32 Å². The third-order valence-electron chi connectivity index (χ3n) is 1.21. The Bertz CT molecular complexity index is 101. The Morgan fingerprint density at radius 3 is 3.00 bits per heavy atom. The number of thioether (sulfide) groups is 1. The van der Waals surface area contributed by atoms with Gasteiger partial charge in [-0.2, -0.15) is 0 Å². The van der Waals surface area contributed by atoms with Gasteiger partial charge in [0.05, 0.1) is 5.37 Å². The first kappa shape index (κ1) is 6.17. The van der Waals surface area contributed by atoms with Crippen LogP contribution in [0.25, 0.3) is 0 Å². The van der Waals surface area contributed by atoms with Crippen molar-refractivity contribution in [2.24, 2.45) is 0 Å². The van der Waals surface area contributed by atoms with Crippen molar-refractivity contribution in [1.29, 1.82) is 0 Å². The molecular formula is C6H11NS. The van der Waals surface area contributed by atoms with E-state index in [9.17, 15) is 0 Å². The summed E-state index contributed by atoms with van der Waals surface area (Å²) >= 11 is 1.86. The van der Waals surface area contributed by atoms with Gasteiger partial charge in [0.1, 0.15) is 0 Å². The molecule has 0 saturated carbocycles. The maximum atomic E-state index is 3.85. The highest BCUT2D eigenvalue weighted by Crippen LogP contribution is 2.25. The van der Waals surface area contributed by atoms with E-state index in [0.717, 1.165) is 6.54 Å². The van der Waals surface area contributed by atoms with Gasteiger partial charge in [-0.25, -0.2) is 0 Å². The van der Waals surface area contributed by atoms with Crippen LogP contribution in [0.3, 0.4) is 0 Å². The summed E-state index contributed by atoms with van der Waals surface area (Å²) in [6.45, 7) is 7.04. The first-order valence-electron chi connectivity index (χ1n) is 2.90. The molecule has 0 aromatic heterocycles. The van der Waals surface area contributed by atoms with Crippen molar-refractivity contribution in [3.63, 3.8) is 0 Å². The number of nitrogens with one attached hydrogen (secondary N) is 1. The number of hydrogen-bond acceptors (Lipinski definition) is 2. The van der Waals surface area contributed by atoms with Crippen LogP contribution in [-0.4, -0.2) is 11.9 Å². The highest BCUT2D eigenvalue weighted by molar-refractivity contribution is 8.03. The summed E-state index contributed by atoms with van der Waals surface area (Å²) in [5.74, 6) is 0. The topological polar surface area (TPSA) is 12.0 Å². The van der Waals surface area contributed by atoms with E-state index in [4.69, 9.17) is 0 Å². The molecule has 1 aliphatic rings. The van der Waals surface area contributed by atoms with Crippen molar-refractivity contribution in [2.75, 3.05) is 6.54 Å². The molecule has 1 saturated heterocycles. The lowest BCUT2D eigenvalue weighted by molar-refractivity contribution is 0.701. The van der Waals surface area contributed by atoms with Gasteiger partial charge in [0.15, 0.2) is 0 Å². The summed E-state index contributed by atoms with van der Waals surface area (Å²) in [5.41, 5.74) is 0. The van der Waals surface area contributed by atoms with Crippen molar-refractivity contribution in [3.8, 4) is 0 Å². The highest BCUT2D eigenvalue weighted by Gasteiger charge is 2.14. The lowest BCUT2D eigenvalue weighted by Gasteiger charge is -2.01. The van der Waals surface area contributed by atoms with Crippen LogP contribution in [-0.2, 0) is 0 Å². The molecule has 0 aromatic rings. The molecule has 1 heterocycles. The fourth-order valence-corrected chi connectivity index (χ4v) is 1.64. The van der Waals surface area contributed by atoms with Gasteiger partial charge < -0.3 is 5.32 Å². The molecule has 0 amide bonds. The molecule has 0 aliphatic carbocycles. The summed E-state index contributed by atoms with van der Waals surface area (Å²) in [6.07, 6.45) is 1.20. The molecule has 8 heavy (non-hydrogen) atoms. The van der Waals surface area contributed by atoms with Crippen LogP contribution in [0.15, 0.2) is 11.5 Å². The Morgan fingerprint density at radius 2 is 2.75 bits per heavy atom. The molecule has 1 rings (SSSR count). The number of rotatable bonds is 1. The van der Waals surface area contributed by atoms with E-state index in [-0.39, 0.29) is 0 Å². The molecule has 2 heteroatoms.